The summed E-state index contributed by atoms with van der Waals surface area (Å²) in [6.45, 7) is 4.00. The van der Waals surface area contributed by atoms with E-state index in [0.717, 1.165) is 6.42 Å². The van der Waals surface area contributed by atoms with E-state index in [1.165, 1.54) is 0 Å². The van der Waals surface area contributed by atoms with Gasteiger partial charge in [0.15, 0.2) is 5.82 Å². The van der Waals surface area contributed by atoms with Gasteiger partial charge in [-0.1, -0.05) is 12.1 Å². The van der Waals surface area contributed by atoms with Crippen molar-refractivity contribution >= 4 is 0 Å². The Balaban J connectivity index is 2.30. The number of aromatic nitrogens is 4. The quantitative estimate of drug-likeness (QED) is 0.863. The number of nitrogens with two attached hydrogens (primary N) is 1. The Morgan fingerprint density at radius 2 is 2.29 bits per heavy atom. The van der Waals surface area contributed by atoms with Crippen LogP contribution >= 0.6 is 0 Å². The van der Waals surface area contributed by atoms with Crippen LogP contribution in [0.4, 0.5) is 0 Å². The van der Waals surface area contributed by atoms with Crippen LogP contribution in [0.25, 0.3) is 11.6 Å². The minimum absolute atomic E-state index is 0.00493. The zero-order chi connectivity index (χ0) is 12.4. The monoisotopic (exact) mass is 235 g/mol. The molecule has 0 saturated carbocycles. The summed E-state index contributed by atoms with van der Waals surface area (Å²) in [7, 11) is 1.89. The van der Waals surface area contributed by atoms with Crippen molar-refractivity contribution in [2.24, 2.45) is 12.8 Å². The summed E-state index contributed by atoms with van der Waals surface area (Å²) in [6.07, 6.45) is 4.42. The highest BCUT2D eigenvalue weighted by atomic mass is 16.5. The van der Waals surface area contributed by atoms with E-state index < -0.39 is 0 Å². The average molecular weight is 235 g/mol. The van der Waals surface area contributed by atoms with Crippen molar-refractivity contribution in [2.45, 2.75) is 32.2 Å². The standard InChI is InChI=1S/C11H17N5O/c1-4-8(7(2)12)11-14-9(15-17-11)10-13-5-6-16(10)3/h5-8H,4,12H2,1-3H3. The topological polar surface area (TPSA) is 82.8 Å². The molecule has 92 valence electrons. The first-order valence-electron chi connectivity index (χ1n) is 5.70. The first kappa shape index (κ1) is 11.8. The summed E-state index contributed by atoms with van der Waals surface area (Å²) >= 11 is 0. The molecule has 0 aromatic carbocycles. The van der Waals surface area contributed by atoms with Gasteiger partial charge in [-0.05, 0) is 13.3 Å². The fraction of sp³-hybridized carbons (Fsp3) is 0.545. The first-order valence-corrected chi connectivity index (χ1v) is 5.70. The van der Waals surface area contributed by atoms with Crippen molar-refractivity contribution in [3.05, 3.63) is 18.3 Å². The van der Waals surface area contributed by atoms with Crippen LogP contribution in [0.1, 0.15) is 32.1 Å². The van der Waals surface area contributed by atoms with E-state index in [2.05, 4.69) is 22.0 Å². The molecule has 0 saturated heterocycles. The van der Waals surface area contributed by atoms with Gasteiger partial charge in [0, 0.05) is 25.5 Å². The lowest BCUT2D eigenvalue weighted by Gasteiger charge is -2.13. The number of rotatable bonds is 4. The van der Waals surface area contributed by atoms with Crippen molar-refractivity contribution in [1.82, 2.24) is 19.7 Å². The molecule has 2 aromatic rings. The van der Waals surface area contributed by atoms with Crippen molar-refractivity contribution in [2.75, 3.05) is 0 Å². The van der Waals surface area contributed by atoms with Gasteiger partial charge in [-0.2, -0.15) is 4.98 Å². The number of aryl methyl sites for hydroxylation is 1. The Bertz CT molecular complexity index is 488. The predicted octanol–water partition coefficient (Wildman–Crippen LogP) is 1.31. The first-order chi connectivity index (χ1) is 8.13. The third-order valence-corrected chi connectivity index (χ3v) is 2.85. The molecule has 6 heteroatoms. The fourth-order valence-electron chi connectivity index (χ4n) is 1.83. The van der Waals surface area contributed by atoms with E-state index >= 15 is 0 Å². The van der Waals surface area contributed by atoms with Crippen molar-refractivity contribution < 1.29 is 4.52 Å². The predicted molar refractivity (Wildman–Crippen MR) is 63.2 cm³/mol. The fourth-order valence-corrected chi connectivity index (χ4v) is 1.83. The third-order valence-electron chi connectivity index (χ3n) is 2.85. The van der Waals surface area contributed by atoms with E-state index in [1.54, 1.807) is 6.20 Å². The summed E-state index contributed by atoms with van der Waals surface area (Å²) in [5.74, 6) is 1.88. The van der Waals surface area contributed by atoms with E-state index in [1.807, 2.05) is 24.7 Å². The normalized spacial score (nSPS) is 14.8. The lowest BCUT2D eigenvalue weighted by atomic mass is 9.99. The van der Waals surface area contributed by atoms with Gasteiger partial charge in [0.1, 0.15) is 0 Å². The third kappa shape index (κ3) is 2.21. The molecular weight excluding hydrogens is 218 g/mol. The summed E-state index contributed by atoms with van der Waals surface area (Å²) in [6, 6.07) is -0.00493. The maximum atomic E-state index is 5.89. The average Bonchev–Trinajstić information content (AvgIpc) is 2.87. The van der Waals surface area contributed by atoms with E-state index in [0.29, 0.717) is 17.5 Å². The van der Waals surface area contributed by atoms with Gasteiger partial charge in [-0.3, -0.25) is 0 Å². The van der Waals surface area contributed by atoms with Crippen LogP contribution in [0, 0.1) is 0 Å². The van der Waals surface area contributed by atoms with E-state index in [4.69, 9.17) is 10.3 Å². The zero-order valence-corrected chi connectivity index (χ0v) is 10.3. The largest absolute Gasteiger partial charge is 0.338 e. The number of imidazole rings is 1. The SMILES string of the molecule is CCC(c1nc(-c2nccn2C)no1)C(C)N. The minimum Gasteiger partial charge on any atom is -0.338 e. The van der Waals surface area contributed by atoms with Crippen molar-refractivity contribution in [3.8, 4) is 11.6 Å². The molecule has 0 aliphatic heterocycles. The summed E-state index contributed by atoms with van der Waals surface area (Å²) in [4.78, 5) is 8.54. The van der Waals surface area contributed by atoms with Gasteiger partial charge in [-0.15, -0.1) is 0 Å². The molecule has 0 radical (unpaired) electrons. The summed E-state index contributed by atoms with van der Waals surface area (Å²) in [5.41, 5.74) is 5.89. The molecule has 0 fully saturated rings. The van der Waals surface area contributed by atoms with Crippen LogP contribution in [0.2, 0.25) is 0 Å². The van der Waals surface area contributed by atoms with Crippen LogP contribution in [-0.4, -0.2) is 25.7 Å². The van der Waals surface area contributed by atoms with Gasteiger partial charge in [0.25, 0.3) is 0 Å². The molecule has 17 heavy (non-hydrogen) atoms. The van der Waals surface area contributed by atoms with Crippen LogP contribution in [0.15, 0.2) is 16.9 Å². The molecule has 0 spiro atoms. The van der Waals surface area contributed by atoms with Gasteiger partial charge in [0.2, 0.25) is 11.7 Å². The molecule has 0 aliphatic carbocycles. The Morgan fingerprint density at radius 3 is 2.82 bits per heavy atom. The molecule has 2 atom stereocenters. The zero-order valence-electron chi connectivity index (χ0n) is 10.3. The molecular formula is C11H17N5O. The lowest BCUT2D eigenvalue weighted by Crippen LogP contribution is -2.24. The number of nitrogens with zero attached hydrogens (tertiary/aromatic N) is 4. The van der Waals surface area contributed by atoms with E-state index in [9.17, 15) is 0 Å². The second-order valence-electron chi connectivity index (χ2n) is 4.19. The highest BCUT2D eigenvalue weighted by Gasteiger charge is 2.22. The van der Waals surface area contributed by atoms with Crippen LogP contribution in [-0.2, 0) is 7.05 Å². The van der Waals surface area contributed by atoms with Gasteiger partial charge in [0.05, 0.1) is 5.92 Å². The maximum absolute atomic E-state index is 5.89. The molecule has 2 unspecified atom stereocenters. The van der Waals surface area contributed by atoms with Gasteiger partial charge >= 0.3 is 0 Å². The Labute approximate surface area is 99.8 Å². The lowest BCUT2D eigenvalue weighted by molar-refractivity contribution is 0.334. The Morgan fingerprint density at radius 1 is 1.53 bits per heavy atom. The molecule has 6 nitrogen and oxygen atoms in total. The molecule has 2 heterocycles. The van der Waals surface area contributed by atoms with E-state index in [-0.39, 0.29) is 12.0 Å². The van der Waals surface area contributed by atoms with Gasteiger partial charge in [-0.25, -0.2) is 4.98 Å². The molecule has 2 N–H and O–H groups in total. The van der Waals surface area contributed by atoms with Crippen molar-refractivity contribution in [1.29, 1.82) is 0 Å². The smallest absolute Gasteiger partial charge is 0.238 e. The second kappa shape index (κ2) is 4.67. The van der Waals surface area contributed by atoms with Crippen molar-refractivity contribution in [3.63, 3.8) is 0 Å². The second-order valence-corrected chi connectivity index (χ2v) is 4.19. The molecule has 0 amide bonds. The van der Waals surface area contributed by atoms with Gasteiger partial charge < -0.3 is 14.8 Å². The Hall–Kier alpha value is -1.69. The molecule has 2 aromatic heterocycles. The highest BCUT2D eigenvalue weighted by Crippen LogP contribution is 2.22. The molecule has 0 aliphatic rings. The molecule has 0 bridgehead atoms. The molecule has 2 rings (SSSR count). The minimum atomic E-state index is -0.00493. The Kier molecular flexibility index (Phi) is 3.23. The number of hydrogen-bond donors (Lipinski definition) is 1. The summed E-state index contributed by atoms with van der Waals surface area (Å²) < 4.78 is 7.11. The van der Waals surface area contributed by atoms with Crippen LogP contribution in [0.5, 0.6) is 0 Å². The maximum Gasteiger partial charge on any atom is 0.238 e. The van der Waals surface area contributed by atoms with Crippen LogP contribution in [0.3, 0.4) is 0 Å². The highest BCUT2D eigenvalue weighted by molar-refractivity contribution is 5.42. The number of hydrogen-bond acceptors (Lipinski definition) is 5. The van der Waals surface area contributed by atoms with Crippen LogP contribution < -0.4 is 5.73 Å². The summed E-state index contributed by atoms with van der Waals surface area (Å²) in [5, 5.41) is 3.95.